The summed E-state index contributed by atoms with van der Waals surface area (Å²) in [6.45, 7) is 2.32. The highest BCUT2D eigenvalue weighted by atomic mass is 32.2. The molecule has 1 heterocycles. The first kappa shape index (κ1) is 9.73. The van der Waals surface area contributed by atoms with Crippen molar-refractivity contribution in [2.24, 2.45) is 0 Å². The second kappa shape index (κ2) is 6.84. The largest absolute Gasteiger partial charge is 0.373 e. The van der Waals surface area contributed by atoms with Crippen LogP contribution in [-0.2, 0) is 9.59 Å². The van der Waals surface area contributed by atoms with E-state index in [0.29, 0.717) is 0 Å². The van der Waals surface area contributed by atoms with Gasteiger partial charge in [-0.25, -0.2) is 0 Å². The number of rotatable bonds is 0. The van der Waals surface area contributed by atoms with E-state index in [4.69, 9.17) is 9.59 Å². The van der Waals surface area contributed by atoms with Crippen molar-refractivity contribution in [2.75, 3.05) is 5.75 Å². The molecular formula is C7H12O2S. The Morgan fingerprint density at radius 3 is 2.20 bits per heavy atom. The minimum atomic E-state index is 0.250. The Kier molecular flexibility index (Phi) is 6.66. The highest BCUT2D eigenvalue weighted by molar-refractivity contribution is 7.99. The molecule has 0 bridgehead atoms. The van der Waals surface area contributed by atoms with E-state index < -0.39 is 0 Å². The van der Waals surface area contributed by atoms with E-state index in [2.05, 4.69) is 18.7 Å². The van der Waals surface area contributed by atoms with E-state index >= 15 is 0 Å². The molecule has 0 aromatic carbocycles. The van der Waals surface area contributed by atoms with Crippen molar-refractivity contribution < 1.29 is 9.59 Å². The average molecular weight is 160 g/mol. The highest BCUT2D eigenvalue weighted by Gasteiger charge is 2.06. The van der Waals surface area contributed by atoms with E-state index in [1.165, 1.54) is 25.0 Å². The van der Waals surface area contributed by atoms with E-state index in [0.717, 1.165) is 5.25 Å². The predicted octanol–water partition coefficient (Wildman–Crippen LogP) is 1.71. The zero-order valence-corrected chi connectivity index (χ0v) is 6.95. The van der Waals surface area contributed by atoms with Crippen molar-refractivity contribution in [3.63, 3.8) is 0 Å². The van der Waals surface area contributed by atoms with Crippen molar-refractivity contribution in [3.8, 4) is 0 Å². The van der Waals surface area contributed by atoms with Gasteiger partial charge in [-0.05, 0) is 18.6 Å². The standard InChI is InChI=1S/C6H12S.CO2/c1-6-4-2-3-5-7-6;2-1-3/h6H,2-5H2,1H3;. The van der Waals surface area contributed by atoms with Gasteiger partial charge in [0.2, 0.25) is 0 Å². The monoisotopic (exact) mass is 160 g/mol. The second-order valence-corrected chi connectivity index (χ2v) is 3.81. The molecule has 0 aromatic heterocycles. The van der Waals surface area contributed by atoms with E-state index in [9.17, 15) is 0 Å². The minimum absolute atomic E-state index is 0.250. The van der Waals surface area contributed by atoms with Gasteiger partial charge in [-0.3, -0.25) is 0 Å². The molecule has 0 N–H and O–H groups in total. The Hall–Kier alpha value is -0.270. The van der Waals surface area contributed by atoms with E-state index in [1.54, 1.807) is 0 Å². The first-order valence-corrected chi connectivity index (χ1v) is 4.47. The Bertz CT molecular complexity index is 102. The lowest BCUT2D eigenvalue weighted by Crippen LogP contribution is -2.03. The number of carbonyl (C=O) groups excluding carboxylic acids is 2. The molecule has 1 aliphatic rings. The average Bonchev–Trinajstić information content (AvgIpc) is 1.91. The minimum Gasteiger partial charge on any atom is -0.186 e. The fourth-order valence-electron chi connectivity index (χ4n) is 0.902. The van der Waals surface area contributed by atoms with Gasteiger partial charge in [-0.15, -0.1) is 0 Å². The van der Waals surface area contributed by atoms with Crippen LogP contribution < -0.4 is 0 Å². The zero-order chi connectivity index (χ0) is 7.82. The van der Waals surface area contributed by atoms with Crippen LogP contribution in [-0.4, -0.2) is 17.2 Å². The van der Waals surface area contributed by atoms with Crippen molar-refractivity contribution in [2.45, 2.75) is 31.4 Å². The van der Waals surface area contributed by atoms with Crippen LogP contribution in [0.2, 0.25) is 0 Å². The second-order valence-electron chi connectivity index (χ2n) is 2.26. The molecule has 0 saturated carbocycles. The molecule has 1 saturated heterocycles. The summed E-state index contributed by atoms with van der Waals surface area (Å²) in [5.74, 6) is 1.40. The van der Waals surface area contributed by atoms with Gasteiger partial charge >= 0.3 is 6.15 Å². The maximum atomic E-state index is 8.12. The summed E-state index contributed by atoms with van der Waals surface area (Å²) in [4.78, 5) is 16.2. The maximum absolute atomic E-state index is 8.12. The van der Waals surface area contributed by atoms with Gasteiger partial charge in [0.1, 0.15) is 0 Å². The first-order valence-electron chi connectivity index (χ1n) is 3.42. The van der Waals surface area contributed by atoms with Gasteiger partial charge in [0.25, 0.3) is 0 Å². The van der Waals surface area contributed by atoms with Crippen LogP contribution in [0, 0.1) is 0 Å². The molecule has 1 atom stereocenters. The molecule has 0 aliphatic carbocycles. The Balaban J connectivity index is 0.000000236. The van der Waals surface area contributed by atoms with Gasteiger partial charge < -0.3 is 0 Å². The summed E-state index contributed by atoms with van der Waals surface area (Å²) in [5.41, 5.74) is 0. The first-order chi connectivity index (χ1) is 4.81. The summed E-state index contributed by atoms with van der Waals surface area (Å²) < 4.78 is 0. The molecule has 1 fully saturated rings. The zero-order valence-electron chi connectivity index (χ0n) is 6.13. The summed E-state index contributed by atoms with van der Waals surface area (Å²) in [6.07, 6.45) is 4.62. The predicted molar refractivity (Wildman–Crippen MR) is 40.8 cm³/mol. The summed E-state index contributed by atoms with van der Waals surface area (Å²) in [5, 5.41) is 0.953. The normalized spacial score (nSPS) is 23.9. The van der Waals surface area contributed by atoms with Gasteiger partial charge in [0.15, 0.2) is 0 Å². The van der Waals surface area contributed by atoms with Crippen LogP contribution >= 0.6 is 11.8 Å². The summed E-state index contributed by atoms with van der Waals surface area (Å²) in [7, 11) is 0. The molecule has 10 heavy (non-hydrogen) atoms. The molecule has 0 radical (unpaired) electrons. The SMILES string of the molecule is CC1CCCCS1.O=C=O. The van der Waals surface area contributed by atoms with Crippen molar-refractivity contribution in [1.29, 1.82) is 0 Å². The summed E-state index contributed by atoms with van der Waals surface area (Å²) >= 11 is 2.12. The smallest absolute Gasteiger partial charge is 0.186 e. The molecule has 1 aliphatic heterocycles. The van der Waals surface area contributed by atoms with Crippen LogP contribution in [0.5, 0.6) is 0 Å². The lowest BCUT2D eigenvalue weighted by Gasteiger charge is -2.15. The molecule has 0 amide bonds. The van der Waals surface area contributed by atoms with Crippen molar-refractivity contribution >= 4 is 17.9 Å². The van der Waals surface area contributed by atoms with Crippen molar-refractivity contribution in [1.82, 2.24) is 0 Å². The quantitative estimate of drug-likeness (QED) is 0.541. The van der Waals surface area contributed by atoms with Crippen LogP contribution in [0.15, 0.2) is 0 Å². The van der Waals surface area contributed by atoms with E-state index in [-0.39, 0.29) is 6.15 Å². The van der Waals surface area contributed by atoms with Crippen molar-refractivity contribution in [3.05, 3.63) is 0 Å². The van der Waals surface area contributed by atoms with Gasteiger partial charge in [0, 0.05) is 5.25 Å². The molecule has 3 heteroatoms. The number of thioether (sulfide) groups is 1. The Morgan fingerprint density at radius 1 is 1.40 bits per heavy atom. The lowest BCUT2D eigenvalue weighted by atomic mass is 10.2. The molecule has 0 spiro atoms. The molecule has 2 nitrogen and oxygen atoms in total. The third-order valence-electron chi connectivity index (χ3n) is 1.41. The Morgan fingerprint density at radius 2 is 2.00 bits per heavy atom. The molecule has 58 valence electrons. The maximum Gasteiger partial charge on any atom is 0.373 e. The molecule has 1 rings (SSSR count). The fourth-order valence-corrected chi connectivity index (χ4v) is 2.01. The van der Waals surface area contributed by atoms with Gasteiger partial charge in [-0.2, -0.15) is 21.4 Å². The van der Waals surface area contributed by atoms with Crippen LogP contribution in [0.4, 0.5) is 0 Å². The third kappa shape index (κ3) is 5.86. The van der Waals surface area contributed by atoms with E-state index in [1.807, 2.05) is 0 Å². The van der Waals surface area contributed by atoms with Gasteiger partial charge in [-0.1, -0.05) is 13.3 Å². The molecular weight excluding hydrogens is 148 g/mol. The molecule has 0 aromatic rings. The number of hydrogen-bond acceptors (Lipinski definition) is 3. The highest BCUT2D eigenvalue weighted by Crippen LogP contribution is 2.23. The lowest BCUT2D eigenvalue weighted by molar-refractivity contribution is -0.191. The van der Waals surface area contributed by atoms with Crippen LogP contribution in [0.1, 0.15) is 26.2 Å². The van der Waals surface area contributed by atoms with Gasteiger partial charge in [0.05, 0.1) is 0 Å². The topological polar surface area (TPSA) is 34.1 Å². The Labute approximate surface area is 65.4 Å². The summed E-state index contributed by atoms with van der Waals surface area (Å²) in [6, 6.07) is 0. The van der Waals surface area contributed by atoms with Crippen LogP contribution in [0.3, 0.4) is 0 Å². The third-order valence-corrected chi connectivity index (χ3v) is 2.74. The number of hydrogen-bond donors (Lipinski definition) is 0. The van der Waals surface area contributed by atoms with Crippen LogP contribution in [0.25, 0.3) is 0 Å². The molecule has 1 unspecified atom stereocenters. The fraction of sp³-hybridized carbons (Fsp3) is 0.857.